The van der Waals surface area contributed by atoms with Gasteiger partial charge in [-0.15, -0.1) is 0 Å². The molecule has 0 unspecified atom stereocenters. The molecule has 0 aliphatic carbocycles. The zero-order valence-electron chi connectivity index (χ0n) is 19.6. The largest absolute Gasteiger partial charge is 0.467 e. The van der Waals surface area contributed by atoms with Crippen LogP contribution in [0.4, 0.5) is 15.8 Å². The van der Waals surface area contributed by atoms with Crippen molar-refractivity contribution < 1.29 is 33.1 Å². The number of halogens is 1. The lowest BCUT2D eigenvalue weighted by Gasteiger charge is -2.24. The monoisotopic (exact) mass is 515 g/mol. The Morgan fingerprint density at radius 2 is 1.95 bits per heavy atom. The van der Waals surface area contributed by atoms with Crippen LogP contribution in [0.3, 0.4) is 0 Å². The molecule has 3 aromatic carbocycles. The van der Waals surface area contributed by atoms with Crippen molar-refractivity contribution >= 4 is 39.9 Å². The fourth-order valence-corrected chi connectivity index (χ4v) is 4.59. The first-order chi connectivity index (χ1) is 18.4. The molecule has 0 saturated carbocycles. The molecule has 38 heavy (non-hydrogen) atoms. The van der Waals surface area contributed by atoms with Gasteiger partial charge in [-0.2, -0.15) is 0 Å². The van der Waals surface area contributed by atoms with E-state index in [1.165, 1.54) is 35.2 Å². The Morgan fingerprint density at radius 1 is 1.11 bits per heavy atom. The Bertz CT molecular complexity index is 1730. The van der Waals surface area contributed by atoms with Gasteiger partial charge in [-0.1, -0.05) is 17.3 Å². The number of hydrogen-bond donors (Lipinski definition) is 2. The maximum absolute atomic E-state index is 14.3. The Kier molecular flexibility index (Phi) is 5.61. The van der Waals surface area contributed by atoms with Crippen LogP contribution in [0, 0.1) is 5.82 Å². The summed E-state index contributed by atoms with van der Waals surface area (Å²) in [6, 6.07) is 14.8. The summed E-state index contributed by atoms with van der Waals surface area (Å²) in [5, 5.41) is 15.7. The number of amides is 2. The van der Waals surface area contributed by atoms with E-state index < -0.39 is 17.6 Å². The molecule has 0 bridgehead atoms. The van der Waals surface area contributed by atoms with Crippen LogP contribution in [0.2, 0.25) is 0 Å². The van der Waals surface area contributed by atoms with Crippen LogP contribution in [0.25, 0.3) is 11.0 Å². The second-order valence-corrected chi connectivity index (χ2v) is 8.66. The number of benzene rings is 3. The van der Waals surface area contributed by atoms with E-state index in [0.29, 0.717) is 33.5 Å². The smallest absolute Gasteiger partial charge is 0.291 e. The number of rotatable bonds is 4. The third-order valence-electron chi connectivity index (χ3n) is 6.29. The number of para-hydroxylation sites is 1. The molecule has 4 aromatic rings. The van der Waals surface area contributed by atoms with Crippen LogP contribution in [-0.4, -0.2) is 29.5 Å². The van der Waals surface area contributed by atoms with Gasteiger partial charge in [-0.25, -0.2) is 4.39 Å². The molecular formula is C27H18FN3O7. The summed E-state index contributed by atoms with van der Waals surface area (Å²) in [5.41, 5.74) is 1.54. The van der Waals surface area contributed by atoms with Crippen molar-refractivity contribution in [2.24, 2.45) is 5.16 Å². The molecule has 10 nitrogen and oxygen atoms in total. The second-order valence-electron chi connectivity index (χ2n) is 8.66. The Balaban J connectivity index is 1.34. The summed E-state index contributed by atoms with van der Waals surface area (Å²) < 4.78 is 30.7. The molecule has 0 spiro atoms. The predicted octanol–water partition coefficient (Wildman–Crippen LogP) is 3.78. The third-order valence-corrected chi connectivity index (χ3v) is 6.29. The summed E-state index contributed by atoms with van der Waals surface area (Å²) >= 11 is 0. The standard InChI is InChI=1S/C27H18FN3O7/c28-16-7-14(25-15(8-16)12-36-13-37-25)11-31-20-9-17(5-6-18(20)24(30-35)27(31)34)29-26(33)23-10-21(32)19-3-1-2-4-22(19)38-23/h1-10,35H,11-13H2,(H,29,33)/b30-24-. The van der Waals surface area contributed by atoms with Crippen LogP contribution >= 0.6 is 0 Å². The Labute approximate surface area is 213 Å². The van der Waals surface area contributed by atoms with E-state index >= 15 is 0 Å². The molecule has 3 heterocycles. The second kappa shape index (κ2) is 9.12. The SMILES string of the molecule is O=C(Nc1ccc2c(c1)N(Cc1cc(F)cc3c1OCOC3)C(=O)/C2=N\O)c1cc(=O)c2ccccc2o1. The number of carbonyl (C=O) groups excluding carboxylic acids is 2. The highest BCUT2D eigenvalue weighted by molar-refractivity contribution is 6.54. The number of anilines is 2. The quantitative estimate of drug-likeness (QED) is 0.312. The minimum absolute atomic E-state index is 0.0133. The van der Waals surface area contributed by atoms with Gasteiger partial charge < -0.3 is 29.3 Å². The van der Waals surface area contributed by atoms with Crippen molar-refractivity contribution in [3.63, 3.8) is 0 Å². The highest BCUT2D eigenvalue weighted by Gasteiger charge is 2.36. The zero-order valence-corrected chi connectivity index (χ0v) is 19.6. The van der Waals surface area contributed by atoms with Crippen LogP contribution in [0.15, 0.2) is 75.0 Å². The minimum atomic E-state index is -0.674. The van der Waals surface area contributed by atoms with Gasteiger partial charge in [-0.3, -0.25) is 14.4 Å². The van der Waals surface area contributed by atoms with Crippen LogP contribution in [-0.2, 0) is 22.7 Å². The van der Waals surface area contributed by atoms with Crippen LogP contribution < -0.4 is 20.4 Å². The molecule has 0 fully saturated rings. The van der Waals surface area contributed by atoms with E-state index in [2.05, 4.69) is 10.5 Å². The van der Waals surface area contributed by atoms with Gasteiger partial charge in [0.15, 0.2) is 23.7 Å². The highest BCUT2D eigenvalue weighted by Crippen LogP contribution is 2.37. The lowest BCUT2D eigenvalue weighted by atomic mass is 10.1. The van der Waals surface area contributed by atoms with E-state index in [4.69, 9.17) is 13.9 Å². The summed E-state index contributed by atoms with van der Waals surface area (Å²) in [5.74, 6) is -1.58. The fraction of sp³-hybridized carbons (Fsp3) is 0.111. The molecule has 190 valence electrons. The van der Waals surface area contributed by atoms with Gasteiger partial charge in [0.2, 0.25) is 0 Å². The predicted molar refractivity (Wildman–Crippen MR) is 133 cm³/mol. The molecule has 6 rings (SSSR count). The molecule has 0 atom stereocenters. The van der Waals surface area contributed by atoms with Gasteiger partial charge in [-0.05, 0) is 42.5 Å². The topological polar surface area (TPSA) is 131 Å². The number of ether oxygens (including phenoxy) is 2. The van der Waals surface area contributed by atoms with Gasteiger partial charge in [0, 0.05) is 28.4 Å². The zero-order chi connectivity index (χ0) is 26.4. The van der Waals surface area contributed by atoms with E-state index in [-0.39, 0.29) is 48.1 Å². The Hall–Kier alpha value is -5.03. The van der Waals surface area contributed by atoms with Crippen LogP contribution in [0.1, 0.15) is 27.2 Å². The first-order valence-corrected chi connectivity index (χ1v) is 11.5. The van der Waals surface area contributed by atoms with Crippen molar-refractivity contribution in [2.75, 3.05) is 17.0 Å². The summed E-state index contributed by atoms with van der Waals surface area (Å²) in [4.78, 5) is 39.7. The summed E-state index contributed by atoms with van der Waals surface area (Å²) in [7, 11) is 0. The normalized spacial score (nSPS) is 15.3. The maximum atomic E-state index is 14.3. The molecule has 2 aliphatic heterocycles. The minimum Gasteiger partial charge on any atom is -0.467 e. The third kappa shape index (κ3) is 3.95. The molecule has 0 radical (unpaired) electrons. The number of fused-ring (bicyclic) bond motifs is 3. The van der Waals surface area contributed by atoms with Gasteiger partial charge >= 0.3 is 0 Å². The molecule has 2 amide bonds. The van der Waals surface area contributed by atoms with Gasteiger partial charge in [0.1, 0.15) is 17.1 Å². The van der Waals surface area contributed by atoms with E-state index in [9.17, 15) is 24.0 Å². The molecule has 11 heteroatoms. The molecule has 2 aliphatic rings. The van der Waals surface area contributed by atoms with Crippen molar-refractivity contribution in [2.45, 2.75) is 13.2 Å². The molecule has 0 saturated heterocycles. The average molecular weight is 515 g/mol. The van der Waals surface area contributed by atoms with Crippen molar-refractivity contribution in [3.05, 3.63) is 99.2 Å². The molecule has 1 aromatic heterocycles. The van der Waals surface area contributed by atoms with Crippen LogP contribution in [0.5, 0.6) is 5.75 Å². The van der Waals surface area contributed by atoms with Gasteiger partial charge in [0.25, 0.3) is 11.8 Å². The number of oxime groups is 1. The lowest BCUT2D eigenvalue weighted by molar-refractivity contribution is -0.112. The fourth-order valence-electron chi connectivity index (χ4n) is 4.59. The lowest BCUT2D eigenvalue weighted by Crippen LogP contribution is -2.30. The average Bonchev–Trinajstić information content (AvgIpc) is 3.18. The highest BCUT2D eigenvalue weighted by atomic mass is 19.1. The van der Waals surface area contributed by atoms with Crippen molar-refractivity contribution in [1.29, 1.82) is 0 Å². The summed E-state index contributed by atoms with van der Waals surface area (Å²) in [6.45, 7) is 0.0531. The van der Waals surface area contributed by atoms with Gasteiger partial charge in [0.05, 0.1) is 24.2 Å². The number of hydrogen-bond acceptors (Lipinski definition) is 8. The number of nitrogens with zero attached hydrogens (tertiary/aromatic N) is 2. The number of carbonyl (C=O) groups is 2. The van der Waals surface area contributed by atoms with Crippen molar-refractivity contribution in [3.8, 4) is 5.75 Å². The number of nitrogens with one attached hydrogen (secondary N) is 1. The van der Waals surface area contributed by atoms with E-state index in [1.54, 1.807) is 24.3 Å². The van der Waals surface area contributed by atoms with E-state index in [1.807, 2.05) is 0 Å². The maximum Gasteiger partial charge on any atom is 0.291 e. The molecule has 2 N–H and O–H groups in total. The summed E-state index contributed by atoms with van der Waals surface area (Å²) in [6.07, 6.45) is 0. The first-order valence-electron chi connectivity index (χ1n) is 11.5. The Morgan fingerprint density at radius 3 is 2.79 bits per heavy atom. The first kappa shape index (κ1) is 23.4. The van der Waals surface area contributed by atoms with E-state index in [0.717, 1.165) is 6.07 Å². The van der Waals surface area contributed by atoms with Crippen molar-refractivity contribution in [1.82, 2.24) is 0 Å². The molecular weight excluding hydrogens is 497 g/mol.